The molecule has 0 bridgehead atoms. The third-order valence-electron chi connectivity index (χ3n) is 25.5. The first-order chi connectivity index (χ1) is 65.6. The molecule has 0 unspecified atom stereocenters. The van der Waals surface area contributed by atoms with E-state index in [-0.39, 0.29) is 0 Å². The largest absolute Gasteiger partial charge is 0.309 e. The van der Waals surface area contributed by atoms with Crippen LogP contribution in [0.3, 0.4) is 0 Å². The molecule has 18 aromatic rings. The van der Waals surface area contributed by atoms with Gasteiger partial charge in [-0.3, -0.25) is 0 Å². The molecule has 0 amide bonds. The van der Waals surface area contributed by atoms with E-state index in [1.165, 1.54) is 238 Å². The fraction of sp³-hybridized carbons (Fsp3) is 0.302. The Bertz CT molecular complexity index is 6970. The van der Waals surface area contributed by atoms with E-state index in [9.17, 15) is 0 Å². The normalized spacial score (nSPS) is 11.6. The minimum absolute atomic E-state index is 0.999. The van der Waals surface area contributed by atoms with Crippen molar-refractivity contribution in [1.29, 1.82) is 0 Å². The highest BCUT2D eigenvalue weighted by atomic mass is 15.0. The summed E-state index contributed by atoms with van der Waals surface area (Å²) >= 11 is 0. The van der Waals surface area contributed by atoms with Crippen molar-refractivity contribution < 1.29 is 0 Å². The van der Waals surface area contributed by atoms with E-state index in [4.69, 9.17) is 0 Å². The van der Waals surface area contributed by atoms with E-state index < -0.39 is 0 Å². The van der Waals surface area contributed by atoms with Crippen LogP contribution in [0.4, 0.5) is 0 Å². The Kier molecular flexibility index (Phi) is 36.8. The van der Waals surface area contributed by atoms with Gasteiger partial charge in [0.1, 0.15) is 0 Å². The van der Waals surface area contributed by atoms with Crippen molar-refractivity contribution in [3.8, 4) is 83.8 Å². The lowest BCUT2D eigenvalue weighted by molar-refractivity contribution is 1.01. The van der Waals surface area contributed by atoms with Crippen LogP contribution in [0.2, 0.25) is 0 Å². The molecule has 6 aliphatic carbocycles. The number of benzene rings is 15. The molecule has 3 nitrogen and oxygen atoms in total. The van der Waals surface area contributed by atoms with Gasteiger partial charge in [-0.15, -0.1) is 0 Å². The van der Waals surface area contributed by atoms with E-state index in [0.717, 1.165) is 57.8 Å². The maximum atomic E-state index is 2.53. The van der Waals surface area contributed by atoms with Gasteiger partial charge in [-0.25, -0.2) is 0 Å². The fourth-order valence-corrected chi connectivity index (χ4v) is 21.4. The first kappa shape index (κ1) is 102. The minimum atomic E-state index is 0.999. The summed E-state index contributed by atoms with van der Waals surface area (Å²) in [5, 5.41) is 8.17. The molecular weight excluding hydrogens is 1590 g/mol. The smallest absolute Gasteiger partial charge is 0.0576 e. The van der Waals surface area contributed by atoms with E-state index >= 15 is 0 Å². The zero-order chi connectivity index (χ0) is 95.9. The second-order valence-corrected chi connectivity index (χ2v) is 30.2. The van der Waals surface area contributed by atoms with Crippen LogP contribution in [0, 0.1) is 0 Å². The molecule has 0 saturated carbocycles. The molecule has 9 aliphatic rings. The summed E-state index contributed by atoms with van der Waals surface area (Å²) in [6.45, 7) is 60.0. The number of hydrogen-bond acceptors (Lipinski definition) is 0. The van der Waals surface area contributed by atoms with Crippen molar-refractivity contribution in [1.82, 2.24) is 13.7 Å². The number of hydrogen-bond donors (Lipinski definition) is 0. The predicted molar refractivity (Wildman–Crippen MR) is 590 cm³/mol. The maximum absolute atomic E-state index is 2.53. The van der Waals surface area contributed by atoms with Crippen molar-refractivity contribution in [2.75, 3.05) is 0 Å². The van der Waals surface area contributed by atoms with Crippen LogP contribution in [0.25, 0.3) is 149 Å². The van der Waals surface area contributed by atoms with E-state index in [2.05, 4.69) is 287 Å². The summed E-state index contributed by atoms with van der Waals surface area (Å²) in [5.41, 5.74) is 56.7. The van der Waals surface area contributed by atoms with Crippen LogP contribution >= 0.6 is 0 Å². The van der Waals surface area contributed by atoms with Crippen LogP contribution < -0.4 is 0 Å². The molecule has 0 saturated heterocycles. The monoisotopic (exact) mass is 1740 g/mol. The Morgan fingerprint density at radius 2 is 0.364 bits per heavy atom. The molecule has 6 heterocycles. The Morgan fingerprint density at radius 3 is 0.773 bits per heavy atom. The zero-order valence-corrected chi connectivity index (χ0v) is 86.2. The molecule has 132 heavy (non-hydrogen) atoms. The van der Waals surface area contributed by atoms with Crippen LogP contribution in [0.15, 0.2) is 273 Å². The van der Waals surface area contributed by atoms with Gasteiger partial charge in [-0.1, -0.05) is 444 Å². The quantitative estimate of drug-likeness (QED) is 0.144. The van der Waals surface area contributed by atoms with Crippen LogP contribution in [-0.2, 0) is 57.8 Å². The van der Waals surface area contributed by atoms with Gasteiger partial charge in [-0.2, -0.15) is 0 Å². The SMILES string of the molecule is CC.CC.CC.CC.CC.CC.CC.CC.CC.CC.CC.CC.CC.CC.CC.c1ccc2c(c1)Cc1c-2ccc2c1Cc1c-2ccc2c1Cc1cccc3c4ccccc4n-2c13.c1ccc2c(c1)Cc1ccc3c(c1-2)Cc1c-3ccc2c1Cc1cccc3c4ccccc4n-2c13.c1ccc2c(c1)Cc1ccc3c(c1-2)Cc1ccc2c(c1-3)Cc1cccc3c4ccccc4n-2c13. The third kappa shape index (κ3) is 17.2. The third-order valence-corrected chi connectivity index (χ3v) is 25.5. The maximum Gasteiger partial charge on any atom is 0.0576 e. The summed E-state index contributed by atoms with van der Waals surface area (Å²) in [6.07, 6.45) is 9.35. The average molecular weight is 1750 g/mol. The second kappa shape index (κ2) is 47.7. The first-order valence-corrected chi connectivity index (χ1v) is 51.8. The number of para-hydroxylation sites is 6. The zero-order valence-electron chi connectivity index (χ0n) is 86.2. The highest BCUT2D eigenvalue weighted by Gasteiger charge is 2.37. The Morgan fingerprint density at radius 1 is 0.136 bits per heavy atom. The van der Waals surface area contributed by atoms with Crippen molar-refractivity contribution in [3.63, 3.8) is 0 Å². The summed E-state index contributed by atoms with van der Waals surface area (Å²) in [4.78, 5) is 0. The Hall–Kier alpha value is -12.3. The van der Waals surface area contributed by atoms with Crippen molar-refractivity contribution >= 4 is 65.4 Å². The number of fused-ring (bicyclic) bond motifs is 39. The number of rotatable bonds is 0. The van der Waals surface area contributed by atoms with Gasteiger partial charge in [0.2, 0.25) is 0 Å². The standard InChI is InChI=1S/3C33H21N.15C2H6/c1-2-8-23-19(6-1)16-20-12-14-25-27(31(20)23)17-21-13-15-30-28(32(21)25)18-22-7-5-10-26-24-9-3-4-11-29(24)34(30)33(22)26;1-2-8-22-19(6-1)16-20-12-13-24-23-14-15-31-28(27(23)18-29(24)32(20)22)17-21-7-5-10-26-25-9-3-4-11-30(25)34(31)33(21)26;1-2-8-21-19(6-1)16-27-22(21)12-13-23-24-14-15-32-30(29(24)18-28(23)27)17-20-7-5-10-26-25-9-3-4-11-31(25)34(32)33(20)26;15*1-2/h3*1-15H,16-18H2;15*1-2H3. The average Bonchev–Trinajstić information content (AvgIpc) is 1.55. The molecule has 3 heteroatoms. The number of aromatic nitrogens is 3. The molecule has 3 aromatic heterocycles. The van der Waals surface area contributed by atoms with Gasteiger partial charge in [-0.05, 0) is 242 Å². The highest BCUT2D eigenvalue weighted by Crippen LogP contribution is 2.56. The first-order valence-electron chi connectivity index (χ1n) is 51.8. The summed E-state index contributed by atoms with van der Waals surface area (Å²) in [7, 11) is 0. The molecule has 684 valence electrons. The molecule has 3 aliphatic heterocycles. The highest BCUT2D eigenvalue weighted by molar-refractivity contribution is 6.14. The van der Waals surface area contributed by atoms with Gasteiger partial charge < -0.3 is 13.7 Å². The van der Waals surface area contributed by atoms with E-state index in [1.807, 2.05) is 208 Å². The van der Waals surface area contributed by atoms with Gasteiger partial charge >= 0.3 is 0 Å². The lowest BCUT2D eigenvalue weighted by Crippen LogP contribution is -2.10. The lowest BCUT2D eigenvalue weighted by atomic mass is 9.89. The molecule has 0 spiro atoms. The fourth-order valence-electron chi connectivity index (χ4n) is 21.4. The number of nitrogens with zero attached hydrogens (tertiary/aromatic N) is 3. The van der Waals surface area contributed by atoms with Crippen molar-refractivity contribution in [2.24, 2.45) is 0 Å². The van der Waals surface area contributed by atoms with Gasteiger partial charge in [0.05, 0.1) is 50.2 Å². The predicted octanol–water partition coefficient (Wildman–Crippen LogP) is 38.9. The summed E-state index contributed by atoms with van der Waals surface area (Å²) < 4.78 is 7.59. The van der Waals surface area contributed by atoms with Gasteiger partial charge in [0.15, 0.2) is 0 Å². The summed E-state index contributed by atoms with van der Waals surface area (Å²) in [6, 6.07) is 103. The van der Waals surface area contributed by atoms with E-state index in [1.54, 1.807) is 11.1 Å². The van der Waals surface area contributed by atoms with Crippen molar-refractivity contribution in [3.05, 3.63) is 373 Å². The van der Waals surface area contributed by atoms with Gasteiger partial charge in [0, 0.05) is 51.6 Å². The molecule has 0 N–H and O–H groups in total. The molecule has 27 rings (SSSR count). The van der Waals surface area contributed by atoms with Crippen LogP contribution in [0.1, 0.15) is 308 Å². The molecular formula is C129H153N3. The molecule has 0 fully saturated rings. The Labute approximate surface area is 796 Å². The molecule has 15 aromatic carbocycles. The van der Waals surface area contributed by atoms with E-state index in [0.29, 0.717) is 0 Å². The van der Waals surface area contributed by atoms with Gasteiger partial charge in [0.25, 0.3) is 0 Å². The second-order valence-electron chi connectivity index (χ2n) is 30.2. The molecule has 0 atom stereocenters. The molecule has 0 radical (unpaired) electrons. The minimum Gasteiger partial charge on any atom is -0.309 e. The van der Waals surface area contributed by atoms with Crippen molar-refractivity contribution in [2.45, 2.75) is 265 Å². The summed E-state index contributed by atoms with van der Waals surface area (Å²) in [5.74, 6) is 0. The Balaban J connectivity index is 0.000000180. The lowest BCUT2D eigenvalue weighted by Gasteiger charge is -2.23. The van der Waals surface area contributed by atoms with Crippen LogP contribution in [-0.4, -0.2) is 13.7 Å². The topological polar surface area (TPSA) is 14.8 Å². The van der Waals surface area contributed by atoms with Crippen LogP contribution in [0.5, 0.6) is 0 Å².